The van der Waals surface area contributed by atoms with E-state index in [1.54, 1.807) is 18.0 Å². The van der Waals surface area contributed by atoms with Crippen molar-refractivity contribution in [2.75, 3.05) is 26.8 Å². The summed E-state index contributed by atoms with van der Waals surface area (Å²) in [4.78, 5) is 23.6. The van der Waals surface area contributed by atoms with Crippen LogP contribution in [-0.4, -0.2) is 57.4 Å². The highest BCUT2D eigenvalue weighted by Gasteiger charge is 2.34. The van der Waals surface area contributed by atoms with Crippen LogP contribution < -0.4 is 0 Å². The van der Waals surface area contributed by atoms with Crippen LogP contribution in [0.15, 0.2) is 48.7 Å². The maximum atomic E-state index is 12.4. The Kier molecular flexibility index (Phi) is 5.16. The van der Waals surface area contributed by atoms with Gasteiger partial charge in [-0.1, -0.05) is 30.3 Å². The van der Waals surface area contributed by atoms with E-state index in [-0.39, 0.29) is 11.8 Å². The lowest BCUT2D eigenvalue weighted by Crippen LogP contribution is -2.28. The van der Waals surface area contributed by atoms with E-state index in [2.05, 4.69) is 4.98 Å². The number of carbonyl (C=O) groups is 1. The normalized spacial score (nSPS) is 16.7. The van der Waals surface area contributed by atoms with Crippen LogP contribution in [0.4, 0.5) is 0 Å². The molecule has 0 radical (unpaired) electrons. The highest BCUT2D eigenvalue weighted by atomic mass is 16.5. The van der Waals surface area contributed by atoms with Gasteiger partial charge in [-0.25, -0.2) is 9.97 Å². The van der Waals surface area contributed by atoms with E-state index in [1.807, 2.05) is 54.3 Å². The summed E-state index contributed by atoms with van der Waals surface area (Å²) < 4.78 is 6.91. The summed E-state index contributed by atoms with van der Waals surface area (Å²) in [5.41, 5.74) is 2.03. The zero-order valence-corrected chi connectivity index (χ0v) is 16.1. The molecular formula is C21H23N5O2. The van der Waals surface area contributed by atoms with Gasteiger partial charge < -0.3 is 9.64 Å². The molecule has 0 saturated carbocycles. The lowest BCUT2D eigenvalue weighted by molar-refractivity contribution is -0.128. The first kappa shape index (κ1) is 18.3. The van der Waals surface area contributed by atoms with Crippen LogP contribution in [-0.2, 0) is 9.53 Å². The first-order valence-electron chi connectivity index (χ1n) is 9.38. The van der Waals surface area contributed by atoms with Gasteiger partial charge in [0.15, 0.2) is 11.6 Å². The number of aryl methyl sites for hydroxylation is 1. The topological polar surface area (TPSA) is 73.1 Å². The maximum Gasteiger partial charge on any atom is 0.223 e. The second kappa shape index (κ2) is 7.90. The summed E-state index contributed by atoms with van der Waals surface area (Å²) in [6, 6.07) is 13.8. The SMILES string of the molecule is COCCN1C[C@@H](c2nc(-c3ccccc3)nn2-c2cc(C)ccn2)CC1=O. The van der Waals surface area contributed by atoms with E-state index >= 15 is 0 Å². The molecule has 1 atom stereocenters. The predicted octanol–water partition coefficient (Wildman–Crippen LogP) is 2.60. The van der Waals surface area contributed by atoms with Gasteiger partial charge in [0.1, 0.15) is 5.82 Å². The molecule has 28 heavy (non-hydrogen) atoms. The molecule has 144 valence electrons. The lowest BCUT2D eigenvalue weighted by Gasteiger charge is -2.15. The minimum atomic E-state index is -0.0309. The van der Waals surface area contributed by atoms with Gasteiger partial charge in [0.05, 0.1) is 6.61 Å². The largest absolute Gasteiger partial charge is 0.383 e. The molecule has 7 nitrogen and oxygen atoms in total. The van der Waals surface area contributed by atoms with Gasteiger partial charge in [-0.3, -0.25) is 4.79 Å². The summed E-state index contributed by atoms with van der Waals surface area (Å²) in [6.07, 6.45) is 2.19. The van der Waals surface area contributed by atoms with Gasteiger partial charge >= 0.3 is 0 Å². The molecule has 1 amide bonds. The molecule has 1 aliphatic heterocycles. The van der Waals surface area contributed by atoms with Crippen LogP contribution in [0.5, 0.6) is 0 Å². The molecule has 7 heteroatoms. The fourth-order valence-electron chi connectivity index (χ4n) is 3.47. The standard InChI is InChI=1S/C21H23N5O2/c1-15-8-9-22-18(12-15)26-21(17-13-19(27)25(14-17)10-11-28-2)23-20(24-26)16-6-4-3-5-7-16/h3-9,12,17H,10-11,13-14H2,1-2H3/t17-/m0/s1. The van der Waals surface area contributed by atoms with Crippen LogP contribution in [0.25, 0.3) is 17.2 Å². The Bertz CT molecular complexity index is 970. The molecule has 3 heterocycles. The molecule has 0 aliphatic carbocycles. The molecule has 0 bridgehead atoms. The number of likely N-dealkylation sites (tertiary alicyclic amines) is 1. The number of aromatic nitrogens is 4. The van der Waals surface area contributed by atoms with Crippen molar-refractivity contribution < 1.29 is 9.53 Å². The van der Waals surface area contributed by atoms with Crippen LogP contribution in [0.2, 0.25) is 0 Å². The van der Waals surface area contributed by atoms with Gasteiger partial charge in [-0.05, 0) is 24.6 Å². The Hall–Kier alpha value is -3.06. The highest BCUT2D eigenvalue weighted by molar-refractivity contribution is 5.79. The van der Waals surface area contributed by atoms with E-state index in [9.17, 15) is 4.79 Å². The van der Waals surface area contributed by atoms with Crippen LogP contribution in [0.3, 0.4) is 0 Å². The molecule has 3 aromatic rings. The number of methoxy groups -OCH3 is 1. The smallest absolute Gasteiger partial charge is 0.223 e. The summed E-state index contributed by atoms with van der Waals surface area (Å²) in [5.74, 6) is 2.21. The first-order chi connectivity index (χ1) is 13.7. The Morgan fingerprint density at radius 3 is 2.79 bits per heavy atom. The number of hydrogen-bond donors (Lipinski definition) is 0. The molecule has 1 aliphatic rings. The summed E-state index contributed by atoms with van der Waals surface area (Å²) in [6.45, 7) is 3.75. The zero-order valence-electron chi connectivity index (χ0n) is 16.1. The first-order valence-corrected chi connectivity index (χ1v) is 9.38. The molecule has 0 spiro atoms. The van der Waals surface area contributed by atoms with Gasteiger partial charge in [0, 0.05) is 44.3 Å². The quantitative estimate of drug-likeness (QED) is 0.660. The number of carbonyl (C=O) groups excluding carboxylic acids is 1. The average molecular weight is 377 g/mol. The van der Waals surface area contributed by atoms with E-state index in [0.717, 1.165) is 17.0 Å². The van der Waals surface area contributed by atoms with Crippen molar-refractivity contribution >= 4 is 5.91 Å². The number of ether oxygens (including phenoxy) is 1. The fourth-order valence-corrected chi connectivity index (χ4v) is 3.47. The second-order valence-electron chi connectivity index (χ2n) is 7.00. The third kappa shape index (κ3) is 3.66. The molecular weight excluding hydrogens is 354 g/mol. The number of benzene rings is 1. The zero-order chi connectivity index (χ0) is 19.5. The van der Waals surface area contributed by atoms with Crippen LogP contribution >= 0.6 is 0 Å². The average Bonchev–Trinajstić information content (AvgIpc) is 3.31. The van der Waals surface area contributed by atoms with Crippen molar-refractivity contribution in [1.82, 2.24) is 24.6 Å². The Balaban J connectivity index is 1.73. The van der Waals surface area contributed by atoms with Gasteiger partial charge in [0.25, 0.3) is 0 Å². The molecule has 0 unspecified atom stereocenters. The molecule has 4 rings (SSSR count). The maximum absolute atomic E-state index is 12.4. The van der Waals surface area contributed by atoms with Gasteiger partial charge in [0.2, 0.25) is 5.91 Å². The number of pyridine rings is 1. The fraction of sp³-hybridized carbons (Fsp3) is 0.333. The number of nitrogens with zero attached hydrogens (tertiary/aromatic N) is 5. The van der Waals surface area contributed by atoms with E-state index < -0.39 is 0 Å². The molecule has 0 N–H and O–H groups in total. The van der Waals surface area contributed by atoms with Crippen molar-refractivity contribution in [3.05, 3.63) is 60.0 Å². The van der Waals surface area contributed by atoms with Crippen molar-refractivity contribution in [1.29, 1.82) is 0 Å². The Morgan fingerprint density at radius 2 is 2.04 bits per heavy atom. The monoisotopic (exact) mass is 377 g/mol. The van der Waals surface area contributed by atoms with Crippen molar-refractivity contribution in [2.45, 2.75) is 19.3 Å². The van der Waals surface area contributed by atoms with Crippen molar-refractivity contribution in [3.8, 4) is 17.2 Å². The van der Waals surface area contributed by atoms with Gasteiger partial charge in [-0.2, -0.15) is 4.68 Å². The van der Waals surface area contributed by atoms with Gasteiger partial charge in [-0.15, -0.1) is 5.10 Å². The molecule has 1 aromatic carbocycles. The molecule has 2 aromatic heterocycles. The third-order valence-corrected chi connectivity index (χ3v) is 4.93. The third-order valence-electron chi connectivity index (χ3n) is 4.93. The van der Waals surface area contributed by atoms with E-state index in [1.165, 1.54) is 0 Å². The van der Waals surface area contributed by atoms with Crippen LogP contribution in [0.1, 0.15) is 23.7 Å². The van der Waals surface area contributed by atoms with Crippen LogP contribution in [0, 0.1) is 6.92 Å². The number of rotatable bonds is 6. The Labute approximate surface area is 164 Å². The number of amides is 1. The minimum Gasteiger partial charge on any atom is -0.383 e. The predicted molar refractivity (Wildman–Crippen MR) is 105 cm³/mol. The second-order valence-corrected chi connectivity index (χ2v) is 7.00. The van der Waals surface area contributed by atoms with Crippen molar-refractivity contribution in [2.24, 2.45) is 0 Å². The number of hydrogen-bond acceptors (Lipinski definition) is 5. The highest BCUT2D eigenvalue weighted by Crippen LogP contribution is 2.30. The Morgan fingerprint density at radius 1 is 1.21 bits per heavy atom. The van der Waals surface area contributed by atoms with E-state index in [0.29, 0.717) is 37.8 Å². The summed E-state index contributed by atoms with van der Waals surface area (Å²) >= 11 is 0. The summed E-state index contributed by atoms with van der Waals surface area (Å²) in [5, 5.41) is 4.74. The lowest BCUT2D eigenvalue weighted by atomic mass is 10.1. The summed E-state index contributed by atoms with van der Waals surface area (Å²) in [7, 11) is 1.64. The van der Waals surface area contributed by atoms with E-state index in [4.69, 9.17) is 14.8 Å². The minimum absolute atomic E-state index is 0.0309. The molecule has 1 fully saturated rings. The van der Waals surface area contributed by atoms with Crippen molar-refractivity contribution in [3.63, 3.8) is 0 Å². The molecule has 1 saturated heterocycles.